The molecule has 1 fully saturated rings. The van der Waals surface area contributed by atoms with Crippen LogP contribution in [-0.2, 0) is 19.3 Å². The Bertz CT molecular complexity index is 1940. The highest BCUT2D eigenvalue weighted by molar-refractivity contribution is 5.75. The molecule has 1 saturated carbocycles. The van der Waals surface area contributed by atoms with Gasteiger partial charge in [0.2, 0.25) is 0 Å². The summed E-state index contributed by atoms with van der Waals surface area (Å²) in [6, 6.07) is 30.8. The highest BCUT2D eigenvalue weighted by Crippen LogP contribution is 2.54. The van der Waals surface area contributed by atoms with Crippen molar-refractivity contribution >= 4 is 23.0 Å². The Morgan fingerprint density at radius 2 is 1.51 bits per heavy atom. The Kier molecular flexibility index (Phi) is 7.54. The summed E-state index contributed by atoms with van der Waals surface area (Å²) in [6.45, 7) is 0. The summed E-state index contributed by atoms with van der Waals surface area (Å²) in [6.07, 6.45) is 29.1. The summed E-state index contributed by atoms with van der Waals surface area (Å²) in [5.74, 6) is 3.69. The lowest BCUT2D eigenvalue weighted by atomic mass is 9.69. The molecular weight excluding hydrogens is 593 g/mol. The maximum Gasteiger partial charge on any atom is 0.0490 e. The molecule has 2 heterocycles. The second kappa shape index (κ2) is 12.4. The third kappa shape index (κ3) is 5.12. The van der Waals surface area contributed by atoms with Gasteiger partial charge in [0.25, 0.3) is 0 Å². The molecule has 1 aromatic heterocycles. The summed E-state index contributed by atoms with van der Waals surface area (Å²) in [5, 5.41) is 0. The van der Waals surface area contributed by atoms with Crippen LogP contribution in [0.3, 0.4) is 0 Å². The van der Waals surface area contributed by atoms with Crippen LogP contribution >= 0.6 is 0 Å². The Hall–Kier alpha value is -4.04. The Labute approximate surface area is 293 Å². The average Bonchev–Trinajstić information content (AvgIpc) is 3.56. The molecule has 5 aliphatic carbocycles. The summed E-state index contributed by atoms with van der Waals surface area (Å²) < 4.78 is 2.63. The van der Waals surface area contributed by atoms with Crippen molar-refractivity contribution in [1.29, 1.82) is 0 Å². The smallest absolute Gasteiger partial charge is 0.0490 e. The Balaban J connectivity index is 0.912. The lowest BCUT2D eigenvalue weighted by Crippen LogP contribution is -2.37. The molecule has 1 aliphatic heterocycles. The third-order valence-corrected chi connectivity index (χ3v) is 13.6. The summed E-state index contributed by atoms with van der Waals surface area (Å²) in [5.41, 5.74) is 15.2. The fourth-order valence-corrected chi connectivity index (χ4v) is 11.2. The van der Waals surface area contributed by atoms with Crippen LogP contribution in [0.15, 0.2) is 103 Å². The van der Waals surface area contributed by atoms with Gasteiger partial charge in [-0.1, -0.05) is 72.8 Å². The van der Waals surface area contributed by atoms with Gasteiger partial charge >= 0.3 is 0 Å². The molecule has 248 valence electrons. The monoisotopic (exact) mass is 642 g/mol. The number of benzene rings is 3. The van der Waals surface area contributed by atoms with Crippen molar-refractivity contribution < 1.29 is 0 Å². The van der Waals surface area contributed by atoms with Gasteiger partial charge < -0.3 is 9.47 Å². The van der Waals surface area contributed by atoms with E-state index < -0.39 is 0 Å². The molecular formula is C47H50N2. The maximum atomic E-state index is 2.73. The molecule has 0 radical (unpaired) electrons. The predicted molar refractivity (Wildman–Crippen MR) is 205 cm³/mol. The van der Waals surface area contributed by atoms with Crippen LogP contribution < -0.4 is 4.90 Å². The molecule has 49 heavy (non-hydrogen) atoms. The minimum Gasteiger partial charge on any atom is -0.338 e. The molecule has 0 bridgehead atoms. The molecule has 2 heteroatoms. The van der Waals surface area contributed by atoms with Gasteiger partial charge in [0.1, 0.15) is 0 Å². The first-order chi connectivity index (χ1) is 24.3. The first-order valence-corrected chi connectivity index (χ1v) is 19.6. The zero-order chi connectivity index (χ0) is 32.3. The lowest BCUT2D eigenvalue weighted by Gasteiger charge is -2.40. The number of rotatable bonds is 4. The standard InChI is InChI=1S/C47H50N2/c1-2-14-38(15-3-1)48-44-18-8-6-16-40(44)42-30-35(13-10-20-46(42)48)37-25-28-47-43(31-37)41-17-7-9-19-45(41)49(47)39-26-23-33(24-27-39)36-22-21-32-11-4-5-12-34(32)29-36/h1-3,5,7,9-10,12,14-15,17,19-20,22-24,26-27,32,34-35,37,43,47H,4,6,8,11,13,16,18,21,25,28-31H2. The average molecular weight is 643 g/mol. The SMILES string of the molecule is C1=CC2CC(c3ccc(N4c5ccccc5C5CC(C6CC=Cc7c(c8c(n7-c7ccccc7)CCCC8)C6)CCC54)cc3)=CCC2CC1. The first-order valence-electron chi connectivity index (χ1n) is 19.6. The van der Waals surface area contributed by atoms with E-state index >= 15 is 0 Å². The molecule has 0 spiro atoms. The largest absolute Gasteiger partial charge is 0.338 e. The highest BCUT2D eigenvalue weighted by atomic mass is 15.2. The van der Waals surface area contributed by atoms with Gasteiger partial charge in [-0.15, -0.1) is 0 Å². The molecule has 0 amide bonds. The number of aromatic nitrogens is 1. The molecule has 4 aromatic rings. The van der Waals surface area contributed by atoms with E-state index in [1.165, 1.54) is 112 Å². The molecule has 0 N–H and O–H groups in total. The van der Waals surface area contributed by atoms with Crippen molar-refractivity contribution in [3.63, 3.8) is 0 Å². The zero-order valence-corrected chi connectivity index (χ0v) is 28.9. The van der Waals surface area contributed by atoms with E-state index in [2.05, 4.69) is 119 Å². The fraction of sp³-hybridized carbons (Fsp3) is 0.404. The van der Waals surface area contributed by atoms with E-state index in [1.807, 2.05) is 0 Å². The van der Waals surface area contributed by atoms with Crippen molar-refractivity contribution in [2.45, 2.75) is 95.4 Å². The number of anilines is 2. The molecule has 6 atom stereocenters. The van der Waals surface area contributed by atoms with Crippen molar-refractivity contribution in [3.8, 4) is 5.69 Å². The van der Waals surface area contributed by atoms with Gasteiger partial charge in [0.15, 0.2) is 0 Å². The highest BCUT2D eigenvalue weighted by Gasteiger charge is 2.44. The first kappa shape index (κ1) is 29.8. The summed E-state index contributed by atoms with van der Waals surface area (Å²) in [4.78, 5) is 2.73. The quantitative estimate of drug-likeness (QED) is 0.201. The molecule has 6 unspecified atom stereocenters. The van der Waals surface area contributed by atoms with Crippen LogP contribution in [0.25, 0.3) is 17.3 Å². The van der Waals surface area contributed by atoms with Gasteiger partial charge in [-0.2, -0.15) is 0 Å². The number of para-hydroxylation sites is 2. The van der Waals surface area contributed by atoms with Crippen molar-refractivity contribution in [2.75, 3.05) is 4.90 Å². The van der Waals surface area contributed by atoms with Crippen molar-refractivity contribution in [3.05, 3.63) is 137 Å². The van der Waals surface area contributed by atoms with Crippen LogP contribution in [0.2, 0.25) is 0 Å². The van der Waals surface area contributed by atoms with Crippen molar-refractivity contribution in [2.24, 2.45) is 23.7 Å². The second-order valence-corrected chi connectivity index (χ2v) is 16.1. The third-order valence-electron chi connectivity index (χ3n) is 13.6. The molecule has 6 aliphatic rings. The lowest BCUT2D eigenvalue weighted by molar-refractivity contribution is 0.216. The van der Waals surface area contributed by atoms with Crippen LogP contribution in [-0.4, -0.2) is 10.6 Å². The molecule has 10 rings (SSSR count). The Morgan fingerprint density at radius 3 is 2.43 bits per heavy atom. The van der Waals surface area contributed by atoms with Gasteiger partial charge in [-0.3, -0.25) is 0 Å². The van der Waals surface area contributed by atoms with E-state index in [0.717, 1.165) is 23.7 Å². The number of allylic oxidation sites excluding steroid dienone is 5. The van der Waals surface area contributed by atoms with E-state index in [0.29, 0.717) is 12.0 Å². The normalized spacial score (nSPS) is 28.5. The Morgan fingerprint density at radius 1 is 0.653 bits per heavy atom. The topological polar surface area (TPSA) is 8.17 Å². The van der Waals surface area contributed by atoms with Crippen LogP contribution in [0.4, 0.5) is 11.4 Å². The fourth-order valence-electron chi connectivity index (χ4n) is 11.2. The van der Waals surface area contributed by atoms with Crippen LogP contribution in [0, 0.1) is 23.7 Å². The van der Waals surface area contributed by atoms with Gasteiger partial charge in [-0.05, 0) is 171 Å². The minimum absolute atomic E-state index is 0.560. The molecule has 2 nitrogen and oxygen atoms in total. The second-order valence-electron chi connectivity index (χ2n) is 16.1. The maximum absolute atomic E-state index is 2.73. The van der Waals surface area contributed by atoms with E-state index in [9.17, 15) is 0 Å². The summed E-state index contributed by atoms with van der Waals surface area (Å²) >= 11 is 0. The molecule has 3 aromatic carbocycles. The number of fused-ring (bicyclic) bond motifs is 7. The molecule has 0 saturated heterocycles. The van der Waals surface area contributed by atoms with Gasteiger partial charge in [0, 0.05) is 40.4 Å². The van der Waals surface area contributed by atoms with E-state index in [4.69, 9.17) is 0 Å². The van der Waals surface area contributed by atoms with Gasteiger partial charge in [-0.25, -0.2) is 0 Å². The predicted octanol–water partition coefficient (Wildman–Crippen LogP) is 11.8. The zero-order valence-electron chi connectivity index (χ0n) is 28.9. The number of nitrogens with zero attached hydrogens (tertiary/aromatic N) is 2. The van der Waals surface area contributed by atoms with Gasteiger partial charge in [0.05, 0.1) is 0 Å². The number of hydrogen-bond donors (Lipinski definition) is 0. The van der Waals surface area contributed by atoms with E-state index in [-0.39, 0.29) is 0 Å². The number of hydrogen-bond acceptors (Lipinski definition) is 1. The van der Waals surface area contributed by atoms with Crippen molar-refractivity contribution in [1.82, 2.24) is 4.57 Å². The summed E-state index contributed by atoms with van der Waals surface area (Å²) in [7, 11) is 0. The minimum atomic E-state index is 0.560. The van der Waals surface area contributed by atoms with Crippen LogP contribution in [0.5, 0.6) is 0 Å². The van der Waals surface area contributed by atoms with E-state index in [1.54, 1.807) is 28.0 Å². The van der Waals surface area contributed by atoms with Crippen LogP contribution in [0.1, 0.15) is 104 Å².